The SMILES string of the molecule is CN1C=CC=C/C1=C/C=C1/C=CC=CC1=O. The molecule has 1 heterocycles. The average Bonchev–Trinajstić information content (AvgIpc) is 2.30. The predicted octanol–water partition coefficient (Wildman–Crippen LogP) is 2.51. The van der Waals surface area contributed by atoms with E-state index in [4.69, 9.17) is 0 Å². The number of rotatable bonds is 1. The van der Waals surface area contributed by atoms with E-state index in [-0.39, 0.29) is 5.78 Å². The zero-order chi connectivity index (χ0) is 11.4. The van der Waals surface area contributed by atoms with Gasteiger partial charge in [0.15, 0.2) is 5.78 Å². The molecule has 0 saturated heterocycles. The van der Waals surface area contributed by atoms with Crippen molar-refractivity contribution in [2.45, 2.75) is 0 Å². The Balaban J connectivity index is 2.19. The van der Waals surface area contributed by atoms with Crippen LogP contribution in [0.3, 0.4) is 0 Å². The second kappa shape index (κ2) is 4.62. The minimum absolute atomic E-state index is 0.0531. The first-order chi connectivity index (χ1) is 7.77. The first kappa shape index (κ1) is 10.4. The van der Waals surface area contributed by atoms with Crippen LogP contribution in [0.4, 0.5) is 0 Å². The highest BCUT2D eigenvalue weighted by atomic mass is 16.1. The quantitative estimate of drug-likeness (QED) is 0.621. The molecule has 2 heteroatoms. The number of allylic oxidation sites excluding steroid dienone is 10. The van der Waals surface area contributed by atoms with E-state index in [2.05, 4.69) is 0 Å². The van der Waals surface area contributed by atoms with E-state index in [1.54, 1.807) is 12.2 Å². The van der Waals surface area contributed by atoms with Crippen LogP contribution in [0.2, 0.25) is 0 Å². The van der Waals surface area contributed by atoms with Crippen molar-refractivity contribution >= 4 is 5.78 Å². The van der Waals surface area contributed by atoms with E-state index in [1.165, 1.54) is 0 Å². The molecule has 0 N–H and O–H groups in total. The first-order valence-corrected chi connectivity index (χ1v) is 5.16. The van der Waals surface area contributed by atoms with Gasteiger partial charge in [-0.15, -0.1) is 0 Å². The maximum Gasteiger partial charge on any atom is 0.185 e. The van der Waals surface area contributed by atoms with Crippen molar-refractivity contribution in [3.05, 3.63) is 72.2 Å². The summed E-state index contributed by atoms with van der Waals surface area (Å²) in [5, 5.41) is 0. The molecule has 1 aliphatic carbocycles. The molecule has 0 unspecified atom stereocenters. The van der Waals surface area contributed by atoms with Crippen LogP contribution in [0.15, 0.2) is 72.2 Å². The molecule has 0 spiro atoms. The summed E-state index contributed by atoms with van der Waals surface area (Å²) in [5.74, 6) is 0.0531. The summed E-state index contributed by atoms with van der Waals surface area (Å²) in [5.41, 5.74) is 1.78. The van der Waals surface area contributed by atoms with Crippen LogP contribution >= 0.6 is 0 Å². The van der Waals surface area contributed by atoms with Crippen LogP contribution in [0.25, 0.3) is 0 Å². The lowest BCUT2D eigenvalue weighted by atomic mass is 10.1. The van der Waals surface area contributed by atoms with Crippen LogP contribution in [-0.2, 0) is 4.79 Å². The van der Waals surface area contributed by atoms with Gasteiger partial charge in [-0.2, -0.15) is 0 Å². The van der Waals surface area contributed by atoms with Crippen molar-refractivity contribution < 1.29 is 4.79 Å². The first-order valence-electron chi connectivity index (χ1n) is 5.16. The van der Waals surface area contributed by atoms with E-state index in [0.717, 1.165) is 5.70 Å². The Kier molecular flexibility index (Phi) is 3.01. The molecule has 16 heavy (non-hydrogen) atoms. The third-order valence-electron chi connectivity index (χ3n) is 2.45. The van der Waals surface area contributed by atoms with Crippen molar-refractivity contribution in [2.24, 2.45) is 0 Å². The third kappa shape index (κ3) is 2.28. The van der Waals surface area contributed by atoms with E-state index >= 15 is 0 Å². The van der Waals surface area contributed by atoms with E-state index < -0.39 is 0 Å². The lowest BCUT2D eigenvalue weighted by Gasteiger charge is -2.17. The smallest absolute Gasteiger partial charge is 0.185 e. The number of carbonyl (C=O) groups is 1. The lowest BCUT2D eigenvalue weighted by Crippen LogP contribution is -2.10. The Morgan fingerprint density at radius 3 is 2.50 bits per heavy atom. The summed E-state index contributed by atoms with van der Waals surface area (Å²) in [4.78, 5) is 13.5. The van der Waals surface area contributed by atoms with Crippen molar-refractivity contribution in [3.63, 3.8) is 0 Å². The van der Waals surface area contributed by atoms with Crippen LogP contribution in [0.5, 0.6) is 0 Å². The summed E-state index contributed by atoms with van der Waals surface area (Å²) in [7, 11) is 1.97. The molecule has 0 amide bonds. The van der Waals surface area contributed by atoms with Gasteiger partial charge in [0.05, 0.1) is 0 Å². The molecule has 0 atom stereocenters. The molecule has 2 rings (SSSR count). The van der Waals surface area contributed by atoms with Gasteiger partial charge in [0, 0.05) is 24.5 Å². The fourth-order valence-electron chi connectivity index (χ4n) is 1.50. The number of nitrogens with zero attached hydrogens (tertiary/aromatic N) is 1. The number of hydrogen-bond donors (Lipinski definition) is 0. The maximum absolute atomic E-state index is 11.5. The zero-order valence-corrected chi connectivity index (χ0v) is 9.13. The summed E-state index contributed by atoms with van der Waals surface area (Å²) in [6.45, 7) is 0. The van der Waals surface area contributed by atoms with Crippen molar-refractivity contribution in [2.75, 3.05) is 7.05 Å². The van der Waals surface area contributed by atoms with Gasteiger partial charge in [-0.3, -0.25) is 4.79 Å². The molecule has 0 saturated carbocycles. The average molecular weight is 211 g/mol. The Hall–Kier alpha value is -2.09. The van der Waals surface area contributed by atoms with Gasteiger partial charge in [0.2, 0.25) is 0 Å². The fourth-order valence-corrected chi connectivity index (χ4v) is 1.50. The van der Waals surface area contributed by atoms with Crippen molar-refractivity contribution in [1.29, 1.82) is 0 Å². The van der Waals surface area contributed by atoms with Crippen LogP contribution in [0, 0.1) is 0 Å². The second-order valence-corrected chi connectivity index (χ2v) is 3.61. The van der Waals surface area contributed by atoms with Crippen LogP contribution in [-0.4, -0.2) is 17.7 Å². The molecule has 2 aliphatic rings. The van der Waals surface area contributed by atoms with Crippen LogP contribution < -0.4 is 0 Å². The molecule has 2 nitrogen and oxygen atoms in total. The Labute approximate surface area is 95.3 Å². The van der Waals surface area contributed by atoms with E-state index in [9.17, 15) is 4.79 Å². The number of ketones is 1. The molecule has 80 valence electrons. The third-order valence-corrected chi connectivity index (χ3v) is 2.45. The summed E-state index contributed by atoms with van der Waals surface area (Å²) < 4.78 is 0. The summed E-state index contributed by atoms with van der Waals surface area (Å²) in [6, 6.07) is 0. The largest absolute Gasteiger partial charge is 0.351 e. The molecule has 0 aromatic heterocycles. The molecule has 0 aromatic carbocycles. The lowest BCUT2D eigenvalue weighted by molar-refractivity contribution is -0.111. The predicted molar refractivity (Wildman–Crippen MR) is 65.5 cm³/mol. The zero-order valence-electron chi connectivity index (χ0n) is 9.13. The van der Waals surface area contributed by atoms with Gasteiger partial charge in [0.25, 0.3) is 0 Å². The molecular weight excluding hydrogens is 198 g/mol. The molecule has 0 bridgehead atoms. The van der Waals surface area contributed by atoms with Gasteiger partial charge >= 0.3 is 0 Å². The van der Waals surface area contributed by atoms with Crippen molar-refractivity contribution in [3.8, 4) is 0 Å². The van der Waals surface area contributed by atoms with Gasteiger partial charge < -0.3 is 4.90 Å². The molecule has 0 aromatic rings. The Morgan fingerprint density at radius 1 is 1.00 bits per heavy atom. The normalized spacial score (nSPS) is 23.8. The minimum atomic E-state index is 0.0531. The number of hydrogen-bond acceptors (Lipinski definition) is 2. The van der Waals surface area contributed by atoms with Gasteiger partial charge in [0.1, 0.15) is 0 Å². The minimum Gasteiger partial charge on any atom is -0.351 e. The highest BCUT2D eigenvalue weighted by Crippen LogP contribution is 2.12. The number of likely N-dealkylation sites (N-methyl/N-ethyl adjacent to an activating group) is 1. The van der Waals surface area contributed by atoms with Gasteiger partial charge in [-0.1, -0.05) is 24.3 Å². The molecule has 1 aliphatic heterocycles. The van der Waals surface area contributed by atoms with E-state index in [1.807, 2.05) is 60.7 Å². The molecule has 0 radical (unpaired) electrons. The highest BCUT2D eigenvalue weighted by Gasteiger charge is 2.04. The van der Waals surface area contributed by atoms with E-state index in [0.29, 0.717) is 5.57 Å². The topological polar surface area (TPSA) is 20.3 Å². The maximum atomic E-state index is 11.5. The highest BCUT2D eigenvalue weighted by molar-refractivity contribution is 6.07. The standard InChI is InChI=1S/C14H13NO/c1-15-11-5-4-7-13(15)10-9-12-6-2-3-8-14(12)16/h2-11H,1H3/b12-9-,13-10-. The number of carbonyl (C=O) groups excluding carboxylic acids is 1. The Morgan fingerprint density at radius 2 is 1.75 bits per heavy atom. The summed E-state index contributed by atoms with van der Waals surface area (Å²) in [6.07, 6.45) is 18.7. The monoisotopic (exact) mass is 211 g/mol. The van der Waals surface area contributed by atoms with Gasteiger partial charge in [-0.25, -0.2) is 0 Å². The van der Waals surface area contributed by atoms with Gasteiger partial charge in [-0.05, 0) is 30.4 Å². The molecular formula is C14H13NO. The van der Waals surface area contributed by atoms with Crippen LogP contribution in [0.1, 0.15) is 0 Å². The molecule has 0 fully saturated rings. The fraction of sp³-hybridized carbons (Fsp3) is 0.0714. The Bertz CT molecular complexity index is 473. The summed E-state index contributed by atoms with van der Waals surface area (Å²) >= 11 is 0. The van der Waals surface area contributed by atoms with Crippen molar-refractivity contribution in [1.82, 2.24) is 4.90 Å². The second-order valence-electron chi connectivity index (χ2n) is 3.61.